The van der Waals surface area contributed by atoms with Crippen LogP contribution in [0.4, 0.5) is 0 Å². The number of nitrogens with one attached hydrogen (secondary N) is 1. The highest BCUT2D eigenvalue weighted by molar-refractivity contribution is 5.07. The van der Waals surface area contributed by atoms with Gasteiger partial charge in [0.15, 0.2) is 0 Å². The molecule has 2 nitrogen and oxygen atoms in total. The first kappa shape index (κ1) is 14.5. The predicted molar refractivity (Wildman–Crippen MR) is 75.0 cm³/mol. The molecule has 0 bridgehead atoms. The molecule has 1 fully saturated rings. The molecule has 1 aliphatic carbocycles. The van der Waals surface area contributed by atoms with Crippen molar-refractivity contribution in [1.29, 1.82) is 0 Å². The molecule has 0 saturated heterocycles. The maximum absolute atomic E-state index is 3.67. The van der Waals surface area contributed by atoms with E-state index in [1.54, 1.807) is 0 Å². The first-order valence-corrected chi connectivity index (χ1v) is 6.97. The van der Waals surface area contributed by atoms with Crippen LogP contribution in [0.1, 0.15) is 52.4 Å². The van der Waals surface area contributed by atoms with Gasteiger partial charge in [0, 0.05) is 18.0 Å². The van der Waals surface area contributed by atoms with Crippen LogP contribution >= 0.6 is 0 Å². The number of hydrogen-bond donors (Lipinski definition) is 1. The van der Waals surface area contributed by atoms with Crippen molar-refractivity contribution in [3.05, 3.63) is 0 Å². The van der Waals surface area contributed by atoms with Crippen molar-refractivity contribution in [2.75, 3.05) is 20.6 Å². The van der Waals surface area contributed by atoms with E-state index in [2.05, 4.69) is 43.1 Å². The van der Waals surface area contributed by atoms with Gasteiger partial charge in [0.05, 0.1) is 0 Å². The average molecular weight is 236 g/mol. The lowest BCUT2D eigenvalue weighted by Crippen LogP contribution is -2.59. The lowest BCUT2D eigenvalue weighted by Gasteiger charge is -2.48. The molecule has 17 heavy (non-hydrogen) atoms. The van der Waals surface area contributed by atoms with E-state index in [4.69, 9.17) is 0 Å². The van der Waals surface area contributed by atoms with Gasteiger partial charge in [-0.05, 0) is 40.4 Å². The standard InChI is InChI=1S/C15H28N2/c1-5-7-11-14(16-6-2)15(17(3)4)12-9-8-10-13-15/h14,16H,6,8-13H2,1-4H3. The van der Waals surface area contributed by atoms with Crippen LogP contribution in [0.25, 0.3) is 0 Å². The Hall–Kier alpha value is -0.520. The molecule has 98 valence electrons. The molecule has 0 spiro atoms. The minimum absolute atomic E-state index is 0.318. The molecule has 2 heteroatoms. The number of nitrogens with zero attached hydrogens (tertiary/aromatic N) is 1. The van der Waals surface area contributed by atoms with Gasteiger partial charge in [0.1, 0.15) is 0 Å². The number of rotatable bonds is 5. The van der Waals surface area contributed by atoms with Crippen LogP contribution in [-0.2, 0) is 0 Å². The molecule has 1 saturated carbocycles. The maximum atomic E-state index is 3.67. The third-order valence-electron chi connectivity index (χ3n) is 4.19. The highest BCUT2D eigenvalue weighted by atomic mass is 15.2. The molecule has 0 amide bonds. The van der Waals surface area contributed by atoms with Crippen LogP contribution in [0, 0.1) is 11.8 Å². The summed E-state index contributed by atoms with van der Waals surface area (Å²) >= 11 is 0. The third kappa shape index (κ3) is 3.47. The van der Waals surface area contributed by atoms with E-state index in [0.29, 0.717) is 11.6 Å². The zero-order valence-electron chi connectivity index (χ0n) is 12.0. The molecular formula is C15H28N2. The normalized spacial score (nSPS) is 20.8. The molecule has 1 N–H and O–H groups in total. The van der Waals surface area contributed by atoms with Crippen LogP contribution in [0.3, 0.4) is 0 Å². The second kappa shape index (κ2) is 7.03. The lowest BCUT2D eigenvalue weighted by atomic mass is 9.74. The minimum atomic E-state index is 0.318. The molecule has 1 atom stereocenters. The number of likely N-dealkylation sites (N-methyl/N-ethyl adjacent to an activating group) is 2. The van der Waals surface area contributed by atoms with Crippen molar-refractivity contribution in [2.24, 2.45) is 0 Å². The van der Waals surface area contributed by atoms with Gasteiger partial charge < -0.3 is 10.2 Å². The summed E-state index contributed by atoms with van der Waals surface area (Å²) < 4.78 is 0. The summed E-state index contributed by atoms with van der Waals surface area (Å²) in [4.78, 5) is 2.44. The Morgan fingerprint density at radius 1 is 1.24 bits per heavy atom. The van der Waals surface area contributed by atoms with Gasteiger partial charge in [-0.3, -0.25) is 0 Å². The van der Waals surface area contributed by atoms with Crippen molar-refractivity contribution >= 4 is 0 Å². The predicted octanol–water partition coefficient (Wildman–Crippen LogP) is 2.64. The Morgan fingerprint density at radius 3 is 2.35 bits per heavy atom. The van der Waals surface area contributed by atoms with Gasteiger partial charge in [-0.15, -0.1) is 11.8 Å². The molecule has 0 aliphatic heterocycles. The van der Waals surface area contributed by atoms with Crippen molar-refractivity contribution in [2.45, 2.75) is 64.0 Å². The maximum Gasteiger partial charge on any atom is 0.0365 e. The first-order chi connectivity index (χ1) is 8.17. The third-order valence-corrected chi connectivity index (χ3v) is 4.19. The molecule has 0 radical (unpaired) electrons. The van der Waals surface area contributed by atoms with Crippen molar-refractivity contribution in [3.63, 3.8) is 0 Å². The largest absolute Gasteiger partial charge is 0.312 e. The van der Waals surface area contributed by atoms with E-state index in [-0.39, 0.29) is 0 Å². The van der Waals surface area contributed by atoms with Crippen LogP contribution in [0.5, 0.6) is 0 Å². The Morgan fingerprint density at radius 2 is 1.88 bits per heavy atom. The van der Waals surface area contributed by atoms with E-state index in [1.807, 2.05) is 6.92 Å². The van der Waals surface area contributed by atoms with Gasteiger partial charge >= 0.3 is 0 Å². The quantitative estimate of drug-likeness (QED) is 0.738. The Balaban J connectivity index is 2.85. The molecule has 0 aromatic carbocycles. The van der Waals surface area contributed by atoms with E-state index >= 15 is 0 Å². The van der Waals surface area contributed by atoms with E-state index in [0.717, 1.165) is 13.0 Å². The van der Waals surface area contributed by atoms with E-state index < -0.39 is 0 Å². The van der Waals surface area contributed by atoms with Crippen LogP contribution in [0.2, 0.25) is 0 Å². The van der Waals surface area contributed by atoms with Crippen LogP contribution in [-0.4, -0.2) is 37.1 Å². The molecule has 0 aromatic heterocycles. The van der Waals surface area contributed by atoms with Crippen molar-refractivity contribution < 1.29 is 0 Å². The van der Waals surface area contributed by atoms with E-state index in [1.165, 1.54) is 32.1 Å². The smallest absolute Gasteiger partial charge is 0.0365 e. The molecule has 0 aromatic rings. The summed E-state index contributed by atoms with van der Waals surface area (Å²) in [6.45, 7) is 5.16. The summed E-state index contributed by atoms with van der Waals surface area (Å²) in [6, 6.07) is 0.509. The second-order valence-corrected chi connectivity index (χ2v) is 5.30. The van der Waals surface area contributed by atoms with Gasteiger partial charge in [0.2, 0.25) is 0 Å². The second-order valence-electron chi connectivity index (χ2n) is 5.30. The Kier molecular flexibility index (Phi) is 6.02. The fourth-order valence-electron chi connectivity index (χ4n) is 3.17. The summed E-state index contributed by atoms with van der Waals surface area (Å²) in [5.41, 5.74) is 0.318. The highest BCUT2D eigenvalue weighted by Gasteiger charge is 2.40. The van der Waals surface area contributed by atoms with Crippen LogP contribution in [0.15, 0.2) is 0 Å². The Bertz CT molecular complexity index is 266. The molecule has 1 aliphatic rings. The lowest BCUT2D eigenvalue weighted by molar-refractivity contribution is 0.0593. The van der Waals surface area contributed by atoms with Gasteiger partial charge in [-0.2, -0.15) is 0 Å². The van der Waals surface area contributed by atoms with Gasteiger partial charge in [-0.1, -0.05) is 26.2 Å². The summed E-state index contributed by atoms with van der Waals surface area (Å²) in [7, 11) is 4.46. The van der Waals surface area contributed by atoms with Crippen LogP contribution < -0.4 is 5.32 Å². The summed E-state index contributed by atoms with van der Waals surface area (Å²) in [5.74, 6) is 6.31. The Labute approximate surface area is 107 Å². The van der Waals surface area contributed by atoms with Crippen molar-refractivity contribution in [1.82, 2.24) is 10.2 Å². The first-order valence-electron chi connectivity index (χ1n) is 6.97. The SMILES string of the molecule is CC#CCC(NCC)C1(N(C)C)CCCCC1. The average Bonchev–Trinajstić information content (AvgIpc) is 2.35. The van der Waals surface area contributed by atoms with Gasteiger partial charge in [0.25, 0.3) is 0 Å². The van der Waals surface area contributed by atoms with E-state index in [9.17, 15) is 0 Å². The fourth-order valence-corrected chi connectivity index (χ4v) is 3.17. The zero-order chi connectivity index (χ0) is 12.7. The topological polar surface area (TPSA) is 15.3 Å². The summed E-state index contributed by atoms with van der Waals surface area (Å²) in [6.07, 6.45) is 7.71. The zero-order valence-corrected chi connectivity index (χ0v) is 12.0. The fraction of sp³-hybridized carbons (Fsp3) is 0.867. The number of hydrogen-bond acceptors (Lipinski definition) is 2. The molecule has 1 rings (SSSR count). The minimum Gasteiger partial charge on any atom is -0.312 e. The van der Waals surface area contributed by atoms with Gasteiger partial charge in [-0.25, -0.2) is 0 Å². The highest BCUT2D eigenvalue weighted by Crippen LogP contribution is 2.36. The monoisotopic (exact) mass is 236 g/mol. The molecular weight excluding hydrogens is 208 g/mol. The molecule has 1 unspecified atom stereocenters. The molecule has 0 heterocycles. The summed E-state index contributed by atoms with van der Waals surface area (Å²) in [5, 5.41) is 3.67. The van der Waals surface area contributed by atoms with Crippen molar-refractivity contribution in [3.8, 4) is 11.8 Å².